The molecule has 0 fully saturated rings. The number of halogens is 1. The van der Waals surface area contributed by atoms with Crippen LogP contribution in [0.3, 0.4) is 0 Å². The van der Waals surface area contributed by atoms with E-state index < -0.39 is 6.67 Å². The average Bonchev–Trinajstić information content (AvgIpc) is 2.26. The second-order valence-electron chi connectivity index (χ2n) is 2.77. The molecule has 5 heteroatoms. The number of hydrogen-bond acceptors (Lipinski definition) is 3. The second-order valence-corrected chi connectivity index (χ2v) is 2.77. The maximum absolute atomic E-state index is 12.2. The molecule has 76 valence electrons. The van der Waals surface area contributed by atoms with Crippen molar-refractivity contribution in [3.63, 3.8) is 0 Å². The van der Waals surface area contributed by atoms with Crippen molar-refractivity contribution in [3.05, 3.63) is 23.8 Å². The van der Waals surface area contributed by atoms with Crippen molar-refractivity contribution in [2.24, 2.45) is 0 Å². The van der Waals surface area contributed by atoms with Crippen molar-refractivity contribution < 1.29 is 9.18 Å². The smallest absolute Gasteiger partial charge is 0.220 e. The normalized spacial score (nSPS) is 9.86. The van der Waals surface area contributed by atoms with Crippen molar-refractivity contribution in [3.8, 4) is 0 Å². The molecular weight excluding hydrogens is 185 g/mol. The van der Waals surface area contributed by atoms with Crippen molar-refractivity contribution in [2.45, 2.75) is 19.5 Å². The summed E-state index contributed by atoms with van der Waals surface area (Å²) in [7, 11) is 1.57. The van der Waals surface area contributed by atoms with E-state index in [0.29, 0.717) is 24.4 Å². The number of hydrogen-bond donors (Lipinski definition) is 1. The molecule has 0 unspecified atom stereocenters. The largest absolute Gasteiger partial charge is 0.359 e. The van der Waals surface area contributed by atoms with Gasteiger partial charge in [-0.3, -0.25) is 4.79 Å². The van der Waals surface area contributed by atoms with Gasteiger partial charge in [-0.05, 0) is 6.07 Å². The molecule has 0 radical (unpaired) electrons. The zero-order chi connectivity index (χ0) is 10.4. The Morgan fingerprint density at radius 2 is 2.43 bits per heavy atom. The Labute approximate surface area is 81.6 Å². The van der Waals surface area contributed by atoms with Crippen LogP contribution >= 0.6 is 0 Å². The molecule has 1 N–H and O–H groups in total. The van der Waals surface area contributed by atoms with E-state index >= 15 is 0 Å². The first-order chi connectivity index (χ1) is 6.76. The first-order valence-corrected chi connectivity index (χ1v) is 4.33. The summed E-state index contributed by atoms with van der Waals surface area (Å²) < 4.78 is 12.2. The van der Waals surface area contributed by atoms with E-state index in [1.807, 2.05) is 0 Å². The zero-order valence-corrected chi connectivity index (χ0v) is 7.96. The molecule has 0 atom stereocenters. The monoisotopic (exact) mass is 197 g/mol. The SMILES string of the molecule is CNC(=O)CCc1nccc(CF)n1. The Hall–Kier alpha value is -1.52. The number of nitrogens with one attached hydrogen (secondary N) is 1. The number of carbonyl (C=O) groups is 1. The number of aryl methyl sites for hydroxylation is 1. The maximum atomic E-state index is 12.2. The molecule has 0 bridgehead atoms. The van der Waals surface area contributed by atoms with Gasteiger partial charge >= 0.3 is 0 Å². The lowest BCUT2D eigenvalue weighted by molar-refractivity contribution is -0.120. The topological polar surface area (TPSA) is 54.9 Å². The van der Waals surface area contributed by atoms with E-state index in [1.165, 1.54) is 12.3 Å². The summed E-state index contributed by atoms with van der Waals surface area (Å²) in [5, 5.41) is 2.50. The van der Waals surface area contributed by atoms with Crippen molar-refractivity contribution in [1.82, 2.24) is 15.3 Å². The minimum absolute atomic E-state index is 0.0701. The Morgan fingerprint density at radius 1 is 1.64 bits per heavy atom. The molecule has 0 aliphatic rings. The lowest BCUT2D eigenvalue weighted by Crippen LogP contribution is -2.18. The van der Waals surface area contributed by atoms with Gasteiger partial charge in [0.25, 0.3) is 0 Å². The van der Waals surface area contributed by atoms with Crippen molar-refractivity contribution >= 4 is 5.91 Å². The molecule has 0 saturated heterocycles. The molecule has 14 heavy (non-hydrogen) atoms. The number of alkyl halides is 1. The fourth-order valence-electron chi connectivity index (χ4n) is 0.986. The Morgan fingerprint density at radius 3 is 3.07 bits per heavy atom. The predicted molar refractivity (Wildman–Crippen MR) is 49.2 cm³/mol. The first kappa shape index (κ1) is 10.6. The molecule has 0 spiro atoms. The molecule has 1 heterocycles. The standard InChI is InChI=1S/C9H12FN3O/c1-11-9(14)3-2-8-12-5-4-7(6-10)13-8/h4-5H,2-3,6H2,1H3,(H,11,14). The van der Waals surface area contributed by atoms with Gasteiger partial charge in [0, 0.05) is 26.1 Å². The highest BCUT2D eigenvalue weighted by molar-refractivity contribution is 5.75. The highest BCUT2D eigenvalue weighted by Gasteiger charge is 2.02. The van der Waals surface area contributed by atoms with Crippen LogP contribution in [0.4, 0.5) is 4.39 Å². The van der Waals surface area contributed by atoms with E-state index in [2.05, 4.69) is 15.3 Å². The van der Waals surface area contributed by atoms with Crippen molar-refractivity contribution in [2.75, 3.05) is 7.05 Å². The first-order valence-electron chi connectivity index (χ1n) is 4.33. The molecular formula is C9H12FN3O. The van der Waals surface area contributed by atoms with Crippen molar-refractivity contribution in [1.29, 1.82) is 0 Å². The lowest BCUT2D eigenvalue weighted by atomic mass is 10.3. The predicted octanol–water partition coefficient (Wildman–Crippen LogP) is 0.625. The lowest BCUT2D eigenvalue weighted by Gasteiger charge is -2.00. The molecule has 1 rings (SSSR count). The van der Waals surface area contributed by atoms with Gasteiger partial charge in [0.1, 0.15) is 12.5 Å². The number of carbonyl (C=O) groups excluding carboxylic acids is 1. The van der Waals surface area contributed by atoms with Crippen LogP contribution in [0.2, 0.25) is 0 Å². The van der Waals surface area contributed by atoms with E-state index in [-0.39, 0.29) is 5.91 Å². The number of aromatic nitrogens is 2. The van der Waals surface area contributed by atoms with Crippen LogP contribution in [-0.2, 0) is 17.9 Å². The van der Waals surface area contributed by atoms with Crippen LogP contribution in [0.15, 0.2) is 12.3 Å². The third-order valence-corrected chi connectivity index (χ3v) is 1.75. The molecule has 1 amide bonds. The van der Waals surface area contributed by atoms with Gasteiger partial charge in [-0.1, -0.05) is 0 Å². The summed E-state index contributed by atoms with van der Waals surface area (Å²) >= 11 is 0. The number of rotatable bonds is 4. The number of nitrogens with zero attached hydrogens (tertiary/aromatic N) is 2. The fraction of sp³-hybridized carbons (Fsp3) is 0.444. The van der Waals surface area contributed by atoms with Gasteiger partial charge in [0.15, 0.2) is 0 Å². The van der Waals surface area contributed by atoms with Crippen LogP contribution in [0.25, 0.3) is 0 Å². The summed E-state index contributed by atoms with van der Waals surface area (Å²) in [5.74, 6) is 0.433. The van der Waals surface area contributed by atoms with Crippen LogP contribution in [0.1, 0.15) is 17.9 Å². The molecule has 0 aliphatic carbocycles. The third-order valence-electron chi connectivity index (χ3n) is 1.75. The minimum atomic E-state index is -0.602. The fourth-order valence-corrected chi connectivity index (χ4v) is 0.986. The summed E-state index contributed by atoms with van der Waals surface area (Å²) in [4.78, 5) is 18.8. The quantitative estimate of drug-likeness (QED) is 0.770. The van der Waals surface area contributed by atoms with E-state index in [1.54, 1.807) is 7.05 Å². The molecule has 0 aliphatic heterocycles. The van der Waals surface area contributed by atoms with Gasteiger partial charge in [-0.2, -0.15) is 0 Å². The van der Waals surface area contributed by atoms with E-state index in [4.69, 9.17) is 0 Å². The summed E-state index contributed by atoms with van der Waals surface area (Å²) in [5.41, 5.74) is 0.354. The minimum Gasteiger partial charge on any atom is -0.359 e. The molecule has 1 aromatic heterocycles. The average molecular weight is 197 g/mol. The van der Waals surface area contributed by atoms with E-state index in [0.717, 1.165) is 0 Å². The zero-order valence-electron chi connectivity index (χ0n) is 7.96. The van der Waals surface area contributed by atoms with Gasteiger partial charge in [-0.25, -0.2) is 14.4 Å². The number of amides is 1. The molecule has 1 aromatic rings. The van der Waals surface area contributed by atoms with Crippen LogP contribution in [0.5, 0.6) is 0 Å². The van der Waals surface area contributed by atoms with Crippen LogP contribution < -0.4 is 5.32 Å². The highest BCUT2D eigenvalue weighted by Crippen LogP contribution is 2.00. The highest BCUT2D eigenvalue weighted by atomic mass is 19.1. The Bertz CT molecular complexity index is 317. The molecule has 0 aromatic carbocycles. The summed E-state index contributed by atoms with van der Waals surface area (Å²) in [6.07, 6.45) is 2.26. The maximum Gasteiger partial charge on any atom is 0.220 e. The Kier molecular flexibility index (Phi) is 3.97. The van der Waals surface area contributed by atoms with E-state index in [9.17, 15) is 9.18 Å². The summed E-state index contributed by atoms with van der Waals surface area (Å²) in [6.45, 7) is -0.602. The van der Waals surface area contributed by atoms with Crippen LogP contribution in [0, 0.1) is 0 Å². The Balaban J connectivity index is 2.54. The van der Waals surface area contributed by atoms with Crippen LogP contribution in [-0.4, -0.2) is 22.9 Å². The van der Waals surface area contributed by atoms with Gasteiger partial charge in [0.05, 0.1) is 5.69 Å². The molecule has 4 nitrogen and oxygen atoms in total. The summed E-state index contributed by atoms with van der Waals surface area (Å²) in [6, 6.07) is 1.52. The molecule has 0 saturated carbocycles. The second kappa shape index (κ2) is 5.26. The van der Waals surface area contributed by atoms with Gasteiger partial charge in [0.2, 0.25) is 5.91 Å². The van der Waals surface area contributed by atoms with Gasteiger partial charge < -0.3 is 5.32 Å². The third kappa shape index (κ3) is 3.08. The van der Waals surface area contributed by atoms with Gasteiger partial charge in [-0.15, -0.1) is 0 Å².